The second-order valence-electron chi connectivity index (χ2n) is 4.34. The lowest BCUT2D eigenvalue weighted by molar-refractivity contribution is 0.406. The molecule has 5 nitrogen and oxygen atoms in total. The lowest BCUT2D eigenvalue weighted by Gasteiger charge is -2.13. The van der Waals surface area contributed by atoms with Gasteiger partial charge in [0.1, 0.15) is 10.6 Å². The Balaban J connectivity index is 2.17. The molecule has 0 spiro atoms. The summed E-state index contributed by atoms with van der Waals surface area (Å²) in [5.41, 5.74) is 0. The molecular formula is C11H16N2O3S. The predicted octanol–water partition coefficient (Wildman–Crippen LogP) is 0.375. The van der Waals surface area contributed by atoms with E-state index in [1.807, 2.05) is 7.05 Å². The summed E-state index contributed by atoms with van der Waals surface area (Å²) in [5.74, 6) is -0.216. The number of likely N-dealkylation sites (N-methyl/N-ethyl adjacent to an activating group) is 1. The molecule has 1 atom stereocenters. The summed E-state index contributed by atoms with van der Waals surface area (Å²) in [6.45, 7) is 1.58. The van der Waals surface area contributed by atoms with Gasteiger partial charge in [-0.1, -0.05) is 12.1 Å². The van der Waals surface area contributed by atoms with Crippen LogP contribution < -0.4 is 4.72 Å². The molecule has 17 heavy (non-hydrogen) atoms. The van der Waals surface area contributed by atoms with Crippen LogP contribution in [0.15, 0.2) is 29.2 Å². The van der Waals surface area contributed by atoms with Crippen molar-refractivity contribution in [3.63, 3.8) is 0 Å². The van der Waals surface area contributed by atoms with E-state index in [1.165, 1.54) is 12.1 Å². The molecule has 1 aromatic rings. The molecular weight excluding hydrogens is 240 g/mol. The summed E-state index contributed by atoms with van der Waals surface area (Å²) in [4.78, 5) is 2.01. The lowest BCUT2D eigenvalue weighted by atomic mass is 10.3. The van der Waals surface area contributed by atoms with Crippen LogP contribution in [0.25, 0.3) is 0 Å². The van der Waals surface area contributed by atoms with Gasteiger partial charge >= 0.3 is 0 Å². The Kier molecular flexibility index (Phi) is 3.37. The zero-order valence-corrected chi connectivity index (χ0v) is 10.4. The molecule has 1 saturated heterocycles. The summed E-state index contributed by atoms with van der Waals surface area (Å²) < 4.78 is 26.7. The van der Waals surface area contributed by atoms with Crippen LogP contribution >= 0.6 is 0 Å². The maximum absolute atomic E-state index is 12.0. The summed E-state index contributed by atoms with van der Waals surface area (Å²) in [7, 11) is -1.67. The van der Waals surface area contributed by atoms with Crippen LogP contribution in [0, 0.1) is 0 Å². The molecule has 6 heteroatoms. The van der Waals surface area contributed by atoms with Crippen molar-refractivity contribution in [1.82, 2.24) is 9.62 Å². The van der Waals surface area contributed by atoms with Crippen molar-refractivity contribution < 1.29 is 13.5 Å². The number of likely N-dealkylation sites (tertiary alicyclic amines) is 1. The molecule has 2 rings (SSSR count). The van der Waals surface area contributed by atoms with Crippen LogP contribution in [0.1, 0.15) is 6.42 Å². The molecule has 0 bridgehead atoms. The maximum Gasteiger partial charge on any atom is 0.244 e. The highest BCUT2D eigenvalue weighted by molar-refractivity contribution is 7.89. The topological polar surface area (TPSA) is 69.6 Å². The third kappa shape index (κ3) is 2.77. The average molecular weight is 256 g/mol. The number of phenols is 1. The summed E-state index contributed by atoms with van der Waals surface area (Å²) >= 11 is 0. The molecule has 0 saturated carbocycles. The Morgan fingerprint density at radius 3 is 2.71 bits per heavy atom. The van der Waals surface area contributed by atoms with Crippen molar-refractivity contribution >= 4 is 10.0 Å². The second-order valence-corrected chi connectivity index (χ2v) is 6.02. The lowest BCUT2D eigenvalue weighted by Crippen LogP contribution is -2.36. The Labute approximate surface area is 101 Å². The van der Waals surface area contributed by atoms with Gasteiger partial charge in [-0.2, -0.15) is 0 Å². The molecule has 1 heterocycles. The Bertz CT molecular complexity index is 501. The van der Waals surface area contributed by atoms with Gasteiger partial charge in [0, 0.05) is 12.6 Å². The minimum absolute atomic E-state index is 0.0606. The number of para-hydroxylation sites is 1. The molecule has 0 radical (unpaired) electrons. The highest BCUT2D eigenvalue weighted by Gasteiger charge is 2.26. The van der Waals surface area contributed by atoms with Gasteiger partial charge in [0.2, 0.25) is 10.0 Å². The van der Waals surface area contributed by atoms with Crippen LogP contribution in [-0.4, -0.2) is 44.6 Å². The second kappa shape index (κ2) is 4.64. The minimum Gasteiger partial charge on any atom is -0.507 e. The fourth-order valence-electron chi connectivity index (χ4n) is 2.00. The number of rotatable bonds is 3. The standard InChI is InChI=1S/C11H16N2O3S/c1-13-7-6-9(8-13)12-17(15,16)11-5-3-2-4-10(11)14/h2-5,9,12,14H,6-8H2,1H3. The van der Waals surface area contributed by atoms with Crippen LogP contribution in [0.2, 0.25) is 0 Å². The van der Waals surface area contributed by atoms with Crippen LogP contribution in [0.3, 0.4) is 0 Å². The zero-order chi connectivity index (χ0) is 12.5. The molecule has 94 valence electrons. The normalized spacial score (nSPS) is 21.8. The fraction of sp³-hybridized carbons (Fsp3) is 0.455. The molecule has 0 aromatic heterocycles. The van der Waals surface area contributed by atoms with Gasteiger partial charge in [0.25, 0.3) is 0 Å². The van der Waals surface area contributed by atoms with Gasteiger partial charge < -0.3 is 10.0 Å². The molecule has 1 aliphatic heterocycles. The highest BCUT2D eigenvalue weighted by atomic mass is 32.2. The zero-order valence-electron chi connectivity index (χ0n) is 9.63. The van der Waals surface area contributed by atoms with E-state index in [-0.39, 0.29) is 16.7 Å². The number of nitrogens with one attached hydrogen (secondary N) is 1. The van der Waals surface area contributed by atoms with Crippen molar-refractivity contribution in [3.8, 4) is 5.75 Å². The van der Waals surface area contributed by atoms with E-state index in [0.29, 0.717) is 6.54 Å². The molecule has 1 aliphatic rings. The van der Waals surface area contributed by atoms with E-state index in [0.717, 1.165) is 13.0 Å². The first-order chi connectivity index (χ1) is 7.99. The minimum atomic E-state index is -3.62. The number of sulfonamides is 1. The number of phenolic OH excluding ortho intramolecular Hbond substituents is 1. The van der Waals surface area contributed by atoms with Gasteiger partial charge in [-0.25, -0.2) is 13.1 Å². The molecule has 0 amide bonds. The number of nitrogens with zero attached hydrogens (tertiary/aromatic N) is 1. The third-order valence-electron chi connectivity index (χ3n) is 2.87. The average Bonchev–Trinajstić information content (AvgIpc) is 2.63. The largest absolute Gasteiger partial charge is 0.507 e. The smallest absolute Gasteiger partial charge is 0.244 e. The monoisotopic (exact) mass is 256 g/mol. The van der Waals surface area contributed by atoms with E-state index in [2.05, 4.69) is 9.62 Å². The Hall–Kier alpha value is -1.11. The maximum atomic E-state index is 12.0. The van der Waals surface area contributed by atoms with E-state index in [4.69, 9.17) is 0 Å². The first-order valence-electron chi connectivity index (χ1n) is 5.48. The number of hydrogen-bond acceptors (Lipinski definition) is 4. The van der Waals surface area contributed by atoms with Gasteiger partial charge in [0.15, 0.2) is 0 Å². The van der Waals surface area contributed by atoms with Gasteiger partial charge in [-0.05, 0) is 32.1 Å². The Morgan fingerprint density at radius 2 is 2.12 bits per heavy atom. The third-order valence-corrected chi connectivity index (χ3v) is 4.44. The van der Waals surface area contributed by atoms with E-state index < -0.39 is 10.0 Å². The highest BCUT2D eigenvalue weighted by Crippen LogP contribution is 2.22. The van der Waals surface area contributed by atoms with Crippen molar-refractivity contribution in [2.45, 2.75) is 17.4 Å². The van der Waals surface area contributed by atoms with Crippen LogP contribution in [0.4, 0.5) is 0 Å². The Morgan fingerprint density at radius 1 is 1.41 bits per heavy atom. The van der Waals surface area contributed by atoms with Gasteiger partial charge in [-0.15, -0.1) is 0 Å². The quantitative estimate of drug-likeness (QED) is 0.820. The van der Waals surface area contributed by atoms with Crippen molar-refractivity contribution in [2.75, 3.05) is 20.1 Å². The van der Waals surface area contributed by atoms with E-state index in [9.17, 15) is 13.5 Å². The molecule has 2 N–H and O–H groups in total. The number of hydrogen-bond donors (Lipinski definition) is 2. The van der Waals surface area contributed by atoms with Crippen molar-refractivity contribution in [1.29, 1.82) is 0 Å². The summed E-state index contributed by atoms with van der Waals surface area (Å²) in [6, 6.07) is 5.88. The first kappa shape index (κ1) is 12.3. The van der Waals surface area contributed by atoms with Crippen molar-refractivity contribution in [2.24, 2.45) is 0 Å². The number of benzene rings is 1. The van der Waals surface area contributed by atoms with Gasteiger partial charge in [-0.3, -0.25) is 0 Å². The summed E-state index contributed by atoms with van der Waals surface area (Å²) in [5, 5.41) is 9.54. The molecule has 0 aliphatic carbocycles. The predicted molar refractivity (Wildman–Crippen MR) is 64.3 cm³/mol. The van der Waals surface area contributed by atoms with Crippen LogP contribution in [0.5, 0.6) is 5.75 Å². The molecule has 1 aromatic carbocycles. The molecule has 1 fully saturated rings. The van der Waals surface area contributed by atoms with E-state index in [1.54, 1.807) is 12.1 Å². The van der Waals surface area contributed by atoms with Crippen LogP contribution in [-0.2, 0) is 10.0 Å². The van der Waals surface area contributed by atoms with Gasteiger partial charge in [0.05, 0.1) is 0 Å². The van der Waals surface area contributed by atoms with Crippen molar-refractivity contribution in [3.05, 3.63) is 24.3 Å². The molecule has 1 unspecified atom stereocenters. The number of aromatic hydroxyl groups is 1. The summed E-state index contributed by atoms with van der Waals surface area (Å²) in [6.07, 6.45) is 0.795. The SMILES string of the molecule is CN1CCC(NS(=O)(=O)c2ccccc2O)C1. The fourth-order valence-corrected chi connectivity index (χ4v) is 3.36. The van der Waals surface area contributed by atoms with E-state index >= 15 is 0 Å². The first-order valence-corrected chi connectivity index (χ1v) is 6.96.